The summed E-state index contributed by atoms with van der Waals surface area (Å²) in [5.74, 6) is 0.611. The molecule has 5 rings (SSSR count). The minimum atomic E-state index is -1.21. The molecule has 4 aromatic rings. The number of hydrogen-bond donors (Lipinski definition) is 3. The summed E-state index contributed by atoms with van der Waals surface area (Å²) in [7, 11) is 0. The number of aromatic nitrogens is 7. The van der Waals surface area contributed by atoms with E-state index in [9.17, 15) is 15.3 Å². The highest BCUT2D eigenvalue weighted by molar-refractivity contribution is 7.13. The van der Waals surface area contributed by atoms with Gasteiger partial charge in [0.1, 0.15) is 24.6 Å². The maximum absolute atomic E-state index is 10.2. The van der Waals surface area contributed by atoms with Gasteiger partial charge in [-0.05, 0) is 0 Å². The number of aliphatic hydroxyl groups excluding tert-OH is 3. The number of rotatable bonds is 3. The number of hydrogen-bond acceptors (Lipinski definition) is 10. The van der Waals surface area contributed by atoms with E-state index in [2.05, 4.69) is 25.1 Å². The van der Waals surface area contributed by atoms with E-state index in [1.54, 1.807) is 22.4 Å². The first kappa shape index (κ1) is 15.7. The van der Waals surface area contributed by atoms with Gasteiger partial charge in [0, 0.05) is 6.20 Å². The predicted octanol–water partition coefficient (Wildman–Crippen LogP) is -0.791. The van der Waals surface area contributed by atoms with E-state index >= 15 is 0 Å². The van der Waals surface area contributed by atoms with Crippen LogP contribution >= 0.6 is 11.3 Å². The molecule has 4 aromatic heterocycles. The molecule has 0 bridgehead atoms. The maximum Gasteiger partial charge on any atom is 0.192 e. The van der Waals surface area contributed by atoms with Gasteiger partial charge in [0.2, 0.25) is 0 Å². The smallest absolute Gasteiger partial charge is 0.192 e. The van der Waals surface area contributed by atoms with Gasteiger partial charge in [-0.25, -0.2) is 9.97 Å². The van der Waals surface area contributed by atoms with Crippen molar-refractivity contribution in [1.82, 2.24) is 34.1 Å². The molecule has 0 radical (unpaired) electrons. The van der Waals surface area contributed by atoms with E-state index in [1.807, 2.05) is 0 Å². The van der Waals surface area contributed by atoms with Crippen LogP contribution in [0.5, 0.6) is 0 Å². The van der Waals surface area contributed by atoms with Crippen LogP contribution in [-0.4, -0.2) is 74.4 Å². The van der Waals surface area contributed by atoms with Gasteiger partial charge in [0.25, 0.3) is 0 Å². The van der Waals surface area contributed by atoms with Gasteiger partial charge in [0.05, 0.1) is 23.3 Å². The molecule has 0 amide bonds. The first-order valence-electron chi connectivity index (χ1n) is 7.76. The highest BCUT2D eigenvalue weighted by Gasteiger charge is 2.44. The Morgan fingerprint density at radius 3 is 2.73 bits per heavy atom. The van der Waals surface area contributed by atoms with Crippen LogP contribution in [0, 0.1) is 0 Å². The topological polar surface area (TPSA) is 144 Å². The van der Waals surface area contributed by atoms with Crippen molar-refractivity contribution in [3.05, 3.63) is 24.4 Å². The second-order valence-corrected chi connectivity index (χ2v) is 6.77. The lowest BCUT2D eigenvalue weighted by atomic mass is 10.1. The zero-order chi connectivity index (χ0) is 17.8. The fourth-order valence-corrected chi connectivity index (χ4v) is 3.71. The lowest BCUT2D eigenvalue weighted by Crippen LogP contribution is -2.33. The molecule has 134 valence electrons. The molecule has 0 unspecified atom stereocenters. The van der Waals surface area contributed by atoms with Crippen LogP contribution in [0.1, 0.15) is 6.23 Å². The Balaban J connectivity index is 1.63. The van der Waals surface area contributed by atoms with Crippen molar-refractivity contribution < 1.29 is 20.1 Å². The Labute approximate surface area is 149 Å². The van der Waals surface area contributed by atoms with E-state index < -0.39 is 31.1 Å². The molecule has 4 atom stereocenters. The maximum atomic E-state index is 10.2. The van der Waals surface area contributed by atoms with Gasteiger partial charge >= 0.3 is 0 Å². The molecule has 11 nitrogen and oxygen atoms in total. The minimum Gasteiger partial charge on any atom is -0.394 e. The van der Waals surface area contributed by atoms with Crippen molar-refractivity contribution >= 4 is 28.1 Å². The standard InChI is InChI=1S/C14H13N7O4S/c22-2-6-9(23)10(24)14(25-6)21-3-16-8-12(21)17-4-20-11(18-19-13(8)20)7-1-15-5-26-7/h1,3-6,9-10,14,22-24H,2H2/t6-,9+,10+,14-/m1/s1. The molecule has 12 heteroatoms. The van der Waals surface area contributed by atoms with Gasteiger partial charge in [0.15, 0.2) is 28.9 Å². The Morgan fingerprint density at radius 2 is 2.00 bits per heavy atom. The molecule has 0 aromatic carbocycles. The van der Waals surface area contributed by atoms with E-state index in [4.69, 9.17) is 4.74 Å². The summed E-state index contributed by atoms with van der Waals surface area (Å²) in [5, 5.41) is 37.8. The second kappa shape index (κ2) is 5.75. The lowest BCUT2D eigenvalue weighted by molar-refractivity contribution is -0.0511. The quantitative estimate of drug-likeness (QED) is 0.419. The van der Waals surface area contributed by atoms with Gasteiger partial charge in [-0.15, -0.1) is 21.5 Å². The number of fused-ring (bicyclic) bond motifs is 3. The fraction of sp³-hybridized carbons (Fsp3) is 0.357. The number of nitrogens with zero attached hydrogens (tertiary/aromatic N) is 7. The molecule has 0 spiro atoms. The molecule has 26 heavy (non-hydrogen) atoms. The zero-order valence-electron chi connectivity index (χ0n) is 13.1. The molecule has 1 aliphatic rings. The van der Waals surface area contributed by atoms with Gasteiger partial charge in [-0.1, -0.05) is 0 Å². The number of ether oxygens (including phenoxy) is 1. The summed E-state index contributed by atoms with van der Waals surface area (Å²) in [6, 6.07) is 0. The predicted molar refractivity (Wildman–Crippen MR) is 88.2 cm³/mol. The highest BCUT2D eigenvalue weighted by Crippen LogP contribution is 2.32. The molecular weight excluding hydrogens is 362 g/mol. The molecule has 3 N–H and O–H groups in total. The van der Waals surface area contributed by atoms with Gasteiger partial charge in [-0.2, -0.15) is 0 Å². The monoisotopic (exact) mass is 375 g/mol. The van der Waals surface area contributed by atoms with Crippen LogP contribution in [0.15, 0.2) is 24.4 Å². The first-order chi connectivity index (χ1) is 12.7. The van der Waals surface area contributed by atoms with Crippen LogP contribution in [0.25, 0.3) is 27.5 Å². The zero-order valence-corrected chi connectivity index (χ0v) is 13.9. The van der Waals surface area contributed by atoms with Crippen molar-refractivity contribution in [3.63, 3.8) is 0 Å². The Hall–Kier alpha value is -2.51. The summed E-state index contributed by atoms with van der Waals surface area (Å²) in [6.45, 7) is -0.401. The van der Waals surface area contributed by atoms with Crippen molar-refractivity contribution in [2.24, 2.45) is 0 Å². The second-order valence-electron chi connectivity index (χ2n) is 5.88. The summed E-state index contributed by atoms with van der Waals surface area (Å²) >= 11 is 1.44. The van der Waals surface area contributed by atoms with Crippen LogP contribution < -0.4 is 0 Å². The highest BCUT2D eigenvalue weighted by atomic mass is 32.1. The minimum absolute atomic E-state index is 0.401. The fourth-order valence-electron chi connectivity index (χ4n) is 3.11. The SMILES string of the molecule is OC[C@H]1O[C@@H](n2cnc3c2ncn2c(-c4cncs4)nnc32)[C@@H](O)[C@H]1O. The Kier molecular flexibility index (Phi) is 3.48. The van der Waals surface area contributed by atoms with Crippen molar-refractivity contribution in [2.45, 2.75) is 24.5 Å². The van der Waals surface area contributed by atoms with Crippen LogP contribution in [-0.2, 0) is 4.74 Å². The Bertz CT molecular complexity index is 1080. The third-order valence-electron chi connectivity index (χ3n) is 4.41. The lowest BCUT2D eigenvalue weighted by Gasteiger charge is -2.16. The molecule has 0 aliphatic carbocycles. The molecule has 0 saturated carbocycles. The van der Waals surface area contributed by atoms with E-state index in [0.717, 1.165) is 4.88 Å². The van der Waals surface area contributed by atoms with Crippen molar-refractivity contribution in [2.75, 3.05) is 6.61 Å². The summed E-state index contributed by atoms with van der Waals surface area (Å²) in [6.07, 6.45) is 0.521. The summed E-state index contributed by atoms with van der Waals surface area (Å²) in [4.78, 5) is 13.6. The largest absolute Gasteiger partial charge is 0.394 e. The Morgan fingerprint density at radius 1 is 1.12 bits per heavy atom. The molecular formula is C14H13N7O4S. The molecule has 5 heterocycles. The van der Waals surface area contributed by atoms with Gasteiger partial charge in [-0.3, -0.25) is 14.0 Å². The van der Waals surface area contributed by atoms with E-state index in [1.165, 1.54) is 22.2 Å². The first-order valence-corrected chi connectivity index (χ1v) is 8.64. The van der Waals surface area contributed by atoms with Crippen LogP contribution in [0.4, 0.5) is 0 Å². The molecule has 1 aliphatic heterocycles. The average molecular weight is 375 g/mol. The van der Waals surface area contributed by atoms with Crippen molar-refractivity contribution in [1.29, 1.82) is 0 Å². The number of imidazole rings is 1. The average Bonchev–Trinajstić information content (AvgIpc) is 3.41. The third kappa shape index (κ3) is 2.10. The van der Waals surface area contributed by atoms with Crippen LogP contribution in [0.3, 0.4) is 0 Å². The molecule has 1 fully saturated rings. The normalized spacial score (nSPS) is 26.3. The van der Waals surface area contributed by atoms with Gasteiger partial charge < -0.3 is 20.1 Å². The summed E-state index contributed by atoms with van der Waals surface area (Å²) in [5.41, 5.74) is 3.12. The van der Waals surface area contributed by atoms with E-state index in [-0.39, 0.29) is 0 Å². The number of thiazole rings is 1. The third-order valence-corrected chi connectivity index (χ3v) is 5.18. The van der Waals surface area contributed by atoms with Crippen molar-refractivity contribution in [3.8, 4) is 10.7 Å². The van der Waals surface area contributed by atoms with E-state index in [0.29, 0.717) is 22.6 Å². The number of aliphatic hydroxyl groups is 3. The van der Waals surface area contributed by atoms with Crippen LogP contribution in [0.2, 0.25) is 0 Å². The molecule has 1 saturated heterocycles. The summed E-state index contributed by atoms with van der Waals surface area (Å²) < 4.78 is 8.77.